The summed E-state index contributed by atoms with van der Waals surface area (Å²) in [5.74, 6) is 0.515. The highest BCUT2D eigenvalue weighted by Gasteiger charge is 2.24. The van der Waals surface area contributed by atoms with Crippen molar-refractivity contribution in [1.29, 1.82) is 0 Å². The molecule has 0 amide bonds. The SMILES string of the molecule is COC(=O)c1ccc(C)c(S(=O)(=O)N[C@H](C)c2cc(OC)ccc2OC)c1. The number of hydrogen-bond acceptors (Lipinski definition) is 6. The molecule has 2 rings (SSSR count). The van der Waals surface area contributed by atoms with Gasteiger partial charge in [0.05, 0.1) is 31.8 Å². The lowest BCUT2D eigenvalue weighted by Crippen LogP contribution is -2.28. The lowest BCUT2D eigenvalue weighted by Gasteiger charge is -2.19. The third-order valence-corrected chi connectivity index (χ3v) is 5.82. The summed E-state index contributed by atoms with van der Waals surface area (Å²) in [6, 6.07) is 8.95. The average Bonchev–Trinajstić information content (AvgIpc) is 2.66. The summed E-state index contributed by atoms with van der Waals surface area (Å²) in [6.45, 7) is 3.36. The molecule has 0 saturated carbocycles. The number of hydrogen-bond donors (Lipinski definition) is 1. The summed E-state index contributed by atoms with van der Waals surface area (Å²) in [6.07, 6.45) is 0. The van der Waals surface area contributed by atoms with Crippen LogP contribution in [-0.2, 0) is 14.8 Å². The Hall–Kier alpha value is -2.58. The number of aryl methyl sites for hydroxylation is 1. The van der Waals surface area contributed by atoms with E-state index in [1.165, 1.54) is 33.5 Å². The van der Waals surface area contributed by atoms with Crippen LogP contribution in [0.5, 0.6) is 11.5 Å². The molecule has 0 fully saturated rings. The maximum atomic E-state index is 12.9. The zero-order chi connectivity index (χ0) is 20.2. The van der Waals surface area contributed by atoms with Crippen LogP contribution in [-0.4, -0.2) is 35.7 Å². The first-order valence-electron chi connectivity index (χ1n) is 8.16. The number of benzene rings is 2. The lowest BCUT2D eigenvalue weighted by atomic mass is 10.1. The minimum absolute atomic E-state index is 0.0131. The molecule has 0 aliphatic carbocycles. The van der Waals surface area contributed by atoms with Crippen LogP contribution in [0.25, 0.3) is 0 Å². The molecule has 1 N–H and O–H groups in total. The third kappa shape index (κ3) is 4.58. The molecule has 1 atom stereocenters. The van der Waals surface area contributed by atoms with E-state index < -0.39 is 22.0 Å². The fraction of sp³-hybridized carbons (Fsp3) is 0.316. The molecular weight excluding hydrogens is 370 g/mol. The van der Waals surface area contributed by atoms with Gasteiger partial charge in [-0.15, -0.1) is 0 Å². The van der Waals surface area contributed by atoms with E-state index in [1.54, 1.807) is 38.1 Å². The molecule has 27 heavy (non-hydrogen) atoms. The van der Waals surface area contributed by atoms with Gasteiger partial charge in [-0.2, -0.15) is 0 Å². The van der Waals surface area contributed by atoms with Gasteiger partial charge in [-0.1, -0.05) is 6.07 Å². The van der Waals surface area contributed by atoms with Gasteiger partial charge in [0.15, 0.2) is 0 Å². The van der Waals surface area contributed by atoms with Gasteiger partial charge < -0.3 is 14.2 Å². The van der Waals surface area contributed by atoms with E-state index in [2.05, 4.69) is 9.46 Å². The van der Waals surface area contributed by atoms with Crippen molar-refractivity contribution in [2.24, 2.45) is 0 Å². The molecule has 8 heteroatoms. The molecule has 0 aliphatic rings. The van der Waals surface area contributed by atoms with Crippen molar-refractivity contribution >= 4 is 16.0 Å². The topological polar surface area (TPSA) is 90.9 Å². The number of rotatable bonds is 7. The summed E-state index contributed by atoms with van der Waals surface area (Å²) >= 11 is 0. The quantitative estimate of drug-likeness (QED) is 0.728. The molecule has 0 aromatic heterocycles. The Morgan fingerprint density at radius 2 is 1.74 bits per heavy atom. The first-order valence-corrected chi connectivity index (χ1v) is 9.65. The monoisotopic (exact) mass is 393 g/mol. The van der Waals surface area contributed by atoms with Crippen LogP contribution in [0, 0.1) is 6.92 Å². The van der Waals surface area contributed by atoms with Gasteiger partial charge in [0.25, 0.3) is 0 Å². The highest BCUT2D eigenvalue weighted by atomic mass is 32.2. The molecule has 0 spiro atoms. The van der Waals surface area contributed by atoms with Gasteiger partial charge in [-0.05, 0) is 49.7 Å². The molecule has 0 heterocycles. The molecule has 2 aromatic rings. The van der Waals surface area contributed by atoms with Crippen LogP contribution in [0.15, 0.2) is 41.3 Å². The van der Waals surface area contributed by atoms with Crippen molar-refractivity contribution in [3.63, 3.8) is 0 Å². The summed E-state index contributed by atoms with van der Waals surface area (Å²) in [4.78, 5) is 11.7. The second kappa shape index (κ2) is 8.41. The second-order valence-electron chi connectivity index (χ2n) is 5.92. The molecule has 0 saturated heterocycles. The Morgan fingerprint density at radius 1 is 1.04 bits per heavy atom. The molecule has 7 nitrogen and oxygen atoms in total. The van der Waals surface area contributed by atoms with E-state index in [0.29, 0.717) is 22.6 Å². The summed E-state index contributed by atoms with van der Waals surface area (Å²) in [5, 5.41) is 0. The number of carbonyl (C=O) groups is 1. The number of ether oxygens (including phenoxy) is 3. The van der Waals surface area contributed by atoms with Gasteiger partial charge in [-0.3, -0.25) is 0 Å². The smallest absolute Gasteiger partial charge is 0.337 e. The number of methoxy groups -OCH3 is 3. The minimum atomic E-state index is -3.90. The summed E-state index contributed by atoms with van der Waals surface area (Å²) < 4.78 is 43.7. The number of esters is 1. The molecule has 2 aromatic carbocycles. The number of carbonyl (C=O) groups excluding carboxylic acids is 1. The molecule has 0 bridgehead atoms. The van der Waals surface area contributed by atoms with Crippen molar-refractivity contribution < 1.29 is 27.4 Å². The van der Waals surface area contributed by atoms with Gasteiger partial charge in [-0.25, -0.2) is 17.9 Å². The van der Waals surface area contributed by atoms with Crippen molar-refractivity contribution in [3.8, 4) is 11.5 Å². The van der Waals surface area contributed by atoms with Gasteiger partial charge in [0.2, 0.25) is 10.0 Å². The zero-order valence-electron chi connectivity index (χ0n) is 15.9. The van der Waals surface area contributed by atoms with Crippen LogP contribution in [0.2, 0.25) is 0 Å². The highest BCUT2D eigenvalue weighted by molar-refractivity contribution is 7.89. The van der Waals surface area contributed by atoms with E-state index in [1.807, 2.05) is 0 Å². The van der Waals surface area contributed by atoms with Crippen LogP contribution in [0.3, 0.4) is 0 Å². The van der Waals surface area contributed by atoms with Crippen LogP contribution in [0.1, 0.15) is 34.5 Å². The van der Waals surface area contributed by atoms with E-state index in [-0.39, 0.29) is 10.5 Å². The van der Waals surface area contributed by atoms with Gasteiger partial charge >= 0.3 is 5.97 Å². The zero-order valence-corrected chi connectivity index (χ0v) is 16.7. The number of sulfonamides is 1. The van der Waals surface area contributed by atoms with Gasteiger partial charge in [0, 0.05) is 11.6 Å². The van der Waals surface area contributed by atoms with E-state index in [4.69, 9.17) is 9.47 Å². The lowest BCUT2D eigenvalue weighted by molar-refractivity contribution is 0.0600. The first-order chi connectivity index (χ1) is 12.7. The Balaban J connectivity index is 2.40. The normalized spacial score (nSPS) is 12.3. The number of nitrogens with one attached hydrogen (secondary N) is 1. The molecule has 0 aliphatic heterocycles. The van der Waals surface area contributed by atoms with Crippen molar-refractivity contribution in [2.45, 2.75) is 24.8 Å². The molecule has 146 valence electrons. The van der Waals surface area contributed by atoms with E-state index in [9.17, 15) is 13.2 Å². The summed E-state index contributed by atoms with van der Waals surface area (Å²) in [5.41, 5.74) is 1.30. The predicted molar refractivity (Wildman–Crippen MR) is 101 cm³/mol. The van der Waals surface area contributed by atoms with Crippen molar-refractivity contribution in [1.82, 2.24) is 4.72 Å². The van der Waals surface area contributed by atoms with Crippen molar-refractivity contribution in [2.75, 3.05) is 21.3 Å². The van der Waals surface area contributed by atoms with Crippen LogP contribution >= 0.6 is 0 Å². The maximum absolute atomic E-state index is 12.9. The molecular formula is C19H23NO6S. The molecule has 0 radical (unpaired) electrons. The predicted octanol–water partition coefficient (Wildman–Crippen LogP) is 2.84. The Morgan fingerprint density at radius 3 is 2.33 bits per heavy atom. The molecule has 0 unspecified atom stereocenters. The Bertz CT molecular complexity index is 939. The fourth-order valence-electron chi connectivity index (χ4n) is 2.67. The van der Waals surface area contributed by atoms with E-state index in [0.717, 1.165) is 0 Å². The fourth-order valence-corrected chi connectivity index (χ4v) is 4.17. The van der Waals surface area contributed by atoms with Gasteiger partial charge in [0.1, 0.15) is 11.5 Å². The van der Waals surface area contributed by atoms with Crippen molar-refractivity contribution in [3.05, 3.63) is 53.1 Å². The van der Waals surface area contributed by atoms with Crippen LogP contribution < -0.4 is 14.2 Å². The minimum Gasteiger partial charge on any atom is -0.497 e. The Kier molecular flexibility index (Phi) is 6.45. The average molecular weight is 393 g/mol. The second-order valence-corrected chi connectivity index (χ2v) is 7.61. The standard InChI is InChI=1S/C19H23NO6S/c1-12-6-7-14(19(21)26-5)10-18(12)27(22,23)20-13(2)16-11-15(24-3)8-9-17(16)25-4/h6-11,13,20H,1-5H3/t13-/m1/s1. The maximum Gasteiger partial charge on any atom is 0.337 e. The third-order valence-electron chi connectivity index (χ3n) is 4.13. The van der Waals surface area contributed by atoms with E-state index >= 15 is 0 Å². The van der Waals surface area contributed by atoms with Crippen LogP contribution in [0.4, 0.5) is 0 Å². The first kappa shape index (κ1) is 20.7. The largest absolute Gasteiger partial charge is 0.497 e. The summed E-state index contributed by atoms with van der Waals surface area (Å²) in [7, 11) is 0.381. The Labute approximate surface area is 159 Å². The highest BCUT2D eigenvalue weighted by Crippen LogP contribution is 2.30.